The van der Waals surface area contributed by atoms with E-state index in [0.717, 1.165) is 0 Å². The molecule has 0 spiro atoms. The molecule has 0 atom stereocenters. The van der Waals surface area contributed by atoms with E-state index < -0.39 is 11.0 Å². The lowest BCUT2D eigenvalue weighted by atomic mass is 10.2. The van der Waals surface area contributed by atoms with E-state index in [1.54, 1.807) is 31.2 Å². The lowest BCUT2D eigenvalue weighted by molar-refractivity contribution is -0.385. The Morgan fingerprint density at radius 2 is 2.15 bits per heavy atom. The minimum absolute atomic E-state index is 0.0191. The molecule has 0 aliphatic rings. The average molecular weight is 393 g/mol. The first kappa shape index (κ1) is 20.0. The molecule has 10 heteroatoms. The van der Waals surface area contributed by atoms with Crippen LogP contribution in [-0.2, 0) is 0 Å². The number of nitro groups is 1. The molecule has 0 aliphatic carbocycles. The number of methoxy groups -OCH3 is 1. The minimum atomic E-state index is -0.596. The fourth-order valence-corrected chi connectivity index (χ4v) is 2.37. The molecule has 142 valence electrons. The van der Waals surface area contributed by atoms with Gasteiger partial charge in [-0.15, -0.1) is 0 Å². The number of amides is 2. The van der Waals surface area contributed by atoms with Crippen molar-refractivity contribution in [2.45, 2.75) is 6.92 Å². The van der Waals surface area contributed by atoms with Crippen molar-refractivity contribution in [3.8, 4) is 11.5 Å². The Kier molecular flexibility index (Phi) is 6.95. The van der Waals surface area contributed by atoms with Gasteiger partial charge in [0.05, 0.1) is 24.9 Å². The van der Waals surface area contributed by atoms with E-state index in [1.165, 1.54) is 25.5 Å². The Morgan fingerprint density at radius 1 is 1.37 bits per heavy atom. The number of anilines is 1. The number of carbonyl (C=O) groups is 1. The van der Waals surface area contributed by atoms with Crippen LogP contribution in [0.25, 0.3) is 0 Å². The Labute approximate surface area is 160 Å². The van der Waals surface area contributed by atoms with Gasteiger partial charge in [0.25, 0.3) is 0 Å². The molecular formula is C17H17ClN4O5. The molecule has 0 saturated carbocycles. The van der Waals surface area contributed by atoms with Gasteiger partial charge in [-0.25, -0.2) is 10.2 Å². The van der Waals surface area contributed by atoms with Gasteiger partial charge in [0.15, 0.2) is 5.75 Å². The van der Waals surface area contributed by atoms with E-state index in [-0.39, 0.29) is 17.2 Å². The lowest BCUT2D eigenvalue weighted by Gasteiger charge is -2.10. The Morgan fingerprint density at radius 3 is 2.78 bits per heavy atom. The second kappa shape index (κ2) is 9.39. The predicted molar refractivity (Wildman–Crippen MR) is 102 cm³/mol. The number of benzene rings is 2. The maximum atomic E-state index is 11.8. The van der Waals surface area contributed by atoms with Crippen molar-refractivity contribution in [3.05, 3.63) is 57.1 Å². The molecule has 2 N–H and O–H groups in total. The molecule has 0 unspecified atom stereocenters. The molecule has 27 heavy (non-hydrogen) atoms. The third-order valence-corrected chi connectivity index (χ3v) is 3.46. The minimum Gasteiger partial charge on any atom is -0.490 e. The molecule has 9 nitrogen and oxygen atoms in total. The number of urea groups is 1. The molecule has 0 heterocycles. The highest BCUT2D eigenvalue weighted by molar-refractivity contribution is 6.30. The largest absolute Gasteiger partial charge is 0.490 e. The number of hydrogen-bond acceptors (Lipinski definition) is 6. The van der Waals surface area contributed by atoms with Gasteiger partial charge in [0.1, 0.15) is 0 Å². The highest BCUT2D eigenvalue weighted by atomic mass is 35.5. The summed E-state index contributed by atoms with van der Waals surface area (Å²) >= 11 is 5.84. The lowest BCUT2D eigenvalue weighted by Crippen LogP contribution is -2.24. The highest BCUT2D eigenvalue weighted by Gasteiger charge is 2.21. The van der Waals surface area contributed by atoms with Crippen molar-refractivity contribution in [2.24, 2.45) is 5.10 Å². The summed E-state index contributed by atoms with van der Waals surface area (Å²) in [4.78, 5) is 22.5. The van der Waals surface area contributed by atoms with Crippen LogP contribution in [0.4, 0.5) is 16.2 Å². The van der Waals surface area contributed by atoms with Gasteiger partial charge in [-0.05, 0) is 31.2 Å². The molecule has 2 rings (SSSR count). The second-order valence-electron chi connectivity index (χ2n) is 5.10. The fraction of sp³-hybridized carbons (Fsp3) is 0.176. The average Bonchev–Trinajstić information content (AvgIpc) is 2.61. The van der Waals surface area contributed by atoms with Crippen LogP contribution in [0.5, 0.6) is 11.5 Å². The van der Waals surface area contributed by atoms with E-state index >= 15 is 0 Å². The van der Waals surface area contributed by atoms with Crippen LogP contribution < -0.4 is 20.2 Å². The molecule has 0 saturated heterocycles. The number of hydrazone groups is 1. The number of nitrogens with one attached hydrogen (secondary N) is 2. The van der Waals surface area contributed by atoms with Crippen molar-refractivity contribution in [1.29, 1.82) is 0 Å². The first-order valence-corrected chi connectivity index (χ1v) is 8.17. The first-order valence-electron chi connectivity index (χ1n) is 7.79. The van der Waals surface area contributed by atoms with Crippen LogP contribution >= 0.6 is 11.6 Å². The number of nitro benzene ring substituents is 1. The monoisotopic (exact) mass is 392 g/mol. The van der Waals surface area contributed by atoms with E-state index in [0.29, 0.717) is 22.9 Å². The number of ether oxygens (including phenoxy) is 2. The highest BCUT2D eigenvalue weighted by Crippen LogP contribution is 2.37. The zero-order chi connectivity index (χ0) is 19.8. The van der Waals surface area contributed by atoms with Crippen LogP contribution in [0.1, 0.15) is 12.5 Å². The molecule has 2 amide bonds. The summed E-state index contributed by atoms with van der Waals surface area (Å²) in [6, 6.07) is 8.79. The smallest absolute Gasteiger partial charge is 0.339 e. The predicted octanol–water partition coefficient (Wildman–Crippen LogP) is 3.81. The second-order valence-corrected chi connectivity index (χ2v) is 5.53. The van der Waals surface area contributed by atoms with Crippen LogP contribution in [-0.4, -0.2) is 30.9 Å². The molecule has 2 aromatic carbocycles. The molecule has 2 aromatic rings. The summed E-state index contributed by atoms with van der Waals surface area (Å²) in [6.07, 6.45) is 1.26. The van der Waals surface area contributed by atoms with Gasteiger partial charge in [-0.2, -0.15) is 5.10 Å². The van der Waals surface area contributed by atoms with Crippen molar-refractivity contribution in [2.75, 3.05) is 19.0 Å². The van der Waals surface area contributed by atoms with E-state index in [2.05, 4.69) is 15.8 Å². The van der Waals surface area contributed by atoms with Gasteiger partial charge in [0, 0.05) is 22.3 Å². The molecule has 0 fully saturated rings. The SMILES string of the molecule is CCOc1cc(/C=N\NC(=O)Nc2cccc(Cl)c2)cc([N+](=O)[O-])c1OC. The van der Waals surface area contributed by atoms with Crippen LogP contribution in [0.15, 0.2) is 41.5 Å². The van der Waals surface area contributed by atoms with E-state index in [9.17, 15) is 14.9 Å². The summed E-state index contributed by atoms with van der Waals surface area (Å²) in [6.45, 7) is 2.04. The number of hydrogen-bond donors (Lipinski definition) is 2. The number of halogens is 1. The first-order chi connectivity index (χ1) is 12.9. The van der Waals surface area contributed by atoms with Gasteiger partial charge in [-0.1, -0.05) is 17.7 Å². The molecule has 0 radical (unpaired) electrons. The van der Waals surface area contributed by atoms with Gasteiger partial charge < -0.3 is 14.8 Å². The maximum Gasteiger partial charge on any atom is 0.339 e. The van der Waals surface area contributed by atoms with Gasteiger partial charge >= 0.3 is 11.7 Å². The number of carbonyl (C=O) groups excluding carboxylic acids is 1. The summed E-state index contributed by atoms with van der Waals surface area (Å²) in [5.74, 6) is 0.227. The summed E-state index contributed by atoms with van der Waals surface area (Å²) in [7, 11) is 1.32. The van der Waals surface area contributed by atoms with E-state index in [4.69, 9.17) is 21.1 Å². The third kappa shape index (κ3) is 5.58. The van der Waals surface area contributed by atoms with Gasteiger partial charge in [0.2, 0.25) is 5.75 Å². The summed E-state index contributed by atoms with van der Waals surface area (Å²) in [5.41, 5.74) is 2.84. The van der Waals surface area contributed by atoms with E-state index in [1.807, 2.05) is 0 Å². The topological polar surface area (TPSA) is 115 Å². The van der Waals surface area contributed by atoms with Gasteiger partial charge in [-0.3, -0.25) is 10.1 Å². The Hall–Kier alpha value is -3.33. The zero-order valence-electron chi connectivity index (χ0n) is 14.6. The summed E-state index contributed by atoms with van der Waals surface area (Å²) < 4.78 is 10.4. The number of rotatable bonds is 7. The molecule has 0 aliphatic heterocycles. The van der Waals surface area contributed by atoms with Crippen LogP contribution in [0, 0.1) is 10.1 Å². The van der Waals surface area contributed by atoms with Crippen LogP contribution in [0.2, 0.25) is 5.02 Å². The molecule has 0 bridgehead atoms. The quantitative estimate of drug-likeness (QED) is 0.422. The maximum absolute atomic E-state index is 11.8. The number of nitrogens with zero attached hydrogens (tertiary/aromatic N) is 2. The summed E-state index contributed by atoms with van der Waals surface area (Å²) in [5, 5.41) is 18.0. The molecule has 0 aromatic heterocycles. The van der Waals surface area contributed by atoms with Crippen molar-refractivity contribution in [3.63, 3.8) is 0 Å². The fourth-order valence-electron chi connectivity index (χ4n) is 2.18. The van der Waals surface area contributed by atoms with Crippen molar-refractivity contribution >= 4 is 35.2 Å². The molecular weight excluding hydrogens is 376 g/mol. The Balaban J connectivity index is 2.13. The Bertz CT molecular complexity index is 872. The standard InChI is InChI=1S/C17H17ClN4O5/c1-3-27-15-8-11(7-14(22(24)25)16(15)26-2)10-19-21-17(23)20-13-6-4-5-12(18)9-13/h4-10H,3H2,1-2H3,(H2,20,21,23)/b19-10-. The van der Waals surface area contributed by atoms with Crippen LogP contribution in [0.3, 0.4) is 0 Å². The third-order valence-electron chi connectivity index (χ3n) is 3.22. The normalized spacial score (nSPS) is 10.5. The van der Waals surface area contributed by atoms with Crippen molar-refractivity contribution < 1.29 is 19.2 Å². The zero-order valence-corrected chi connectivity index (χ0v) is 15.3. The van der Waals surface area contributed by atoms with Crippen molar-refractivity contribution in [1.82, 2.24) is 5.43 Å².